The number of amides is 1. The molecule has 0 saturated heterocycles. The number of pyridine rings is 2. The maximum atomic E-state index is 13.1. The minimum atomic E-state index is -4.69. The summed E-state index contributed by atoms with van der Waals surface area (Å²) >= 11 is 0. The summed E-state index contributed by atoms with van der Waals surface area (Å²) in [4.78, 5) is 19.9. The first-order chi connectivity index (χ1) is 10.3. The Morgan fingerprint density at radius 2 is 2.05 bits per heavy atom. The van der Waals surface area contributed by atoms with Gasteiger partial charge in [-0.2, -0.15) is 13.2 Å². The summed E-state index contributed by atoms with van der Waals surface area (Å²) in [7, 11) is 0. The van der Waals surface area contributed by atoms with Crippen molar-refractivity contribution in [1.29, 1.82) is 0 Å². The van der Waals surface area contributed by atoms with Gasteiger partial charge in [0.15, 0.2) is 0 Å². The van der Waals surface area contributed by atoms with Gasteiger partial charge < -0.3 is 10.7 Å². The highest BCUT2D eigenvalue weighted by Crippen LogP contribution is 2.38. The van der Waals surface area contributed by atoms with Gasteiger partial charge in [-0.1, -0.05) is 0 Å². The van der Waals surface area contributed by atoms with Crippen LogP contribution >= 0.6 is 0 Å². The van der Waals surface area contributed by atoms with Crippen LogP contribution in [0.4, 0.5) is 30.4 Å². The highest BCUT2D eigenvalue weighted by Gasteiger charge is 2.36. The van der Waals surface area contributed by atoms with Gasteiger partial charge in [-0.05, 0) is 12.1 Å². The standard InChI is InChI=1S/C13H10F3N4O2/c1-8(21)20(12-6-9(19-22)2-5-18-12)11-3-4-17-7-10(11)13(14,15)16/h2-7H,1H3,(H-,18,19,22)/q-1. The summed E-state index contributed by atoms with van der Waals surface area (Å²) < 4.78 is 39.2. The van der Waals surface area contributed by atoms with Crippen molar-refractivity contribution in [2.24, 2.45) is 0 Å². The van der Waals surface area contributed by atoms with Crippen LogP contribution in [-0.4, -0.2) is 15.9 Å². The number of carbonyl (C=O) groups excluding carboxylic acids is 1. The van der Waals surface area contributed by atoms with Crippen molar-refractivity contribution in [2.75, 3.05) is 10.4 Å². The normalized spacial score (nSPS) is 11.1. The molecule has 6 nitrogen and oxygen atoms in total. The van der Waals surface area contributed by atoms with Gasteiger partial charge in [0.05, 0.1) is 11.3 Å². The summed E-state index contributed by atoms with van der Waals surface area (Å²) in [6, 6.07) is 3.56. The van der Waals surface area contributed by atoms with Crippen LogP contribution in [-0.2, 0) is 11.0 Å². The van der Waals surface area contributed by atoms with E-state index in [1.54, 1.807) is 5.48 Å². The van der Waals surface area contributed by atoms with E-state index < -0.39 is 23.3 Å². The average molecular weight is 311 g/mol. The zero-order valence-corrected chi connectivity index (χ0v) is 11.3. The van der Waals surface area contributed by atoms with Gasteiger partial charge in [-0.3, -0.25) is 14.7 Å². The maximum Gasteiger partial charge on any atom is 0.419 e. The van der Waals surface area contributed by atoms with Crippen molar-refractivity contribution in [3.63, 3.8) is 0 Å². The van der Waals surface area contributed by atoms with Crippen LogP contribution in [0.15, 0.2) is 36.8 Å². The number of carbonyl (C=O) groups is 1. The van der Waals surface area contributed by atoms with Crippen LogP contribution in [0.1, 0.15) is 12.5 Å². The molecule has 0 spiro atoms. The van der Waals surface area contributed by atoms with Gasteiger partial charge in [0.25, 0.3) is 0 Å². The molecule has 2 aromatic rings. The van der Waals surface area contributed by atoms with Crippen molar-refractivity contribution in [3.8, 4) is 0 Å². The minimum absolute atomic E-state index is 0.0684. The lowest BCUT2D eigenvalue weighted by atomic mass is 10.2. The van der Waals surface area contributed by atoms with Crippen molar-refractivity contribution in [3.05, 3.63) is 47.6 Å². The molecule has 22 heavy (non-hydrogen) atoms. The summed E-state index contributed by atoms with van der Waals surface area (Å²) in [5.41, 5.74) is 0.175. The number of anilines is 3. The molecule has 0 saturated carbocycles. The van der Waals surface area contributed by atoms with E-state index in [2.05, 4.69) is 9.97 Å². The van der Waals surface area contributed by atoms with E-state index in [4.69, 9.17) is 0 Å². The fourth-order valence-corrected chi connectivity index (χ4v) is 1.86. The molecule has 2 heterocycles. The Balaban J connectivity index is 2.61. The fourth-order valence-electron chi connectivity index (χ4n) is 1.86. The van der Waals surface area contributed by atoms with Gasteiger partial charge >= 0.3 is 6.18 Å². The lowest BCUT2D eigenvalue weighted by Crippen LogP contribution is -2.26. The predicted molar refractivity (Wildman–Crippen MR) is 73.3 cm³/mol. The fraction of sp³-hybridized carbons (Fsp3) is 0.154. The van der Waals surface area contributed by atoms with Crippen LogP contribution in [0.2, 0.25) is 0 Å². The molecule has 0 atom stereocenters. The van der Waals surface area contributed by atoms with Crippen molar-refractivity contribution in [1.82, 2.24) is 9.97 Å². The molecule has 0 aliphatic rings. The molecule has 2 rings (SSSR count). The molecule has 2 aromatic heterocycles. The second-order valence-corrected chi connectivity index (χ2v) is 4.25. The van der Waals surface area contributed by atoms with Crippen molar-refractivity contribution in [2.45, 2.75) is 13.1 Å². The lowest BCUT2D eigenvalue weighted by Gasteiger charge is -2.24. The molecule has 0 aliphatic carbocycles. The second-order valence-electron chi connectivity index (χ2n) is 4.25. The molecule has 116 valence electrons. The van der Waals surface area contributed by atoms with Crippen molar-refractivity contribution < 1.29 is 18.0 Å². The smallest absolute Gasteiger partial charge is 0.419 e. The van der Waals surface area contributed by atoms with Crippen molar-refractivity contribution >= 4 is 23.1 Å². The van der Waals surface area contributed by atoms with E-state index in [1.165, 1.54) is 18.3 Å². The quantitative estimate of drug-likeness (QED) is 0.881. The number of nitrogens with one attached hydrogen (secondary N) is 1. The van der Waals surface area contributed by atoms with E-state index in [9.17, 15) is 23.2 Å². The van der Waals surface area contributed by atoms with E-state index in [1.807, 2.05) is 0 Å². The Bertz CT molecular complexity index is 691. The maximum absolute atomic E-state index is 13.1. The van der Waals surface area contributed by atoms with E-state index >= 15 is 0 Å². The Kier molecular flexibility index (Phi) is 4.27. The number of aromatic nitrogens is 2. The molecule has 1 amide bonds. The van der Waals surface area contributed by atoms with Gasteiger partial charge in [0.1, 0.15) is 5.82 Å². The Morgan fingerprint density at radius 1 is 1.32 bits per heavy atom. The van der Waals surface area contributed by atoms with Crippen LogP contribution in [0.25, 0.3) is 0 Å². The predicted octanol–water partition coefficient (Wildman–Crippen LogP) is 3.09. The molecule has 1 N–H and O–H groups in total. The monoisotopic (exact) mass is 311 g/mol. The number of hydrogen-bond donors (Lipinski definition) is 1. The lowest BCUT2D eigenvalue weighted by molar-refractivity contribution is -0.137. The summed E-state index contributed by atoms with van der Waals surface area (Å²) in [5.74, 6) is -0.794. The largest absolute Gasteiger partial charge is 0.761 e. The Morgan fingerprint density at radius 3 is 2.64 bits per heavy atom. The number of halogens is 3. The van der Waals surface area contributed by atoms with Gasteiger partial charge in [0, 0.05) is 37.3 Å². The van der Waals surface area contributed by atoms with E-state index in [0.29, 0.717) is 6.20 Å². The Labute approximate surface area is 123 Å². The second kappa shape index (κ2) is 5.98. The third-order valence-corrected chi connectivity index (χ3v) is 2.75. The molecular weight excluding hydrogens is 301 g/mol. The number of nitrogens with zero attached hydrogens (tertiary/aromatic N) is 3. The SMILES string of the molecule is CC(=O)N(c1cc(N[O-])ccn1)c1ccncc1C(F)(F)F. The molecular formula is C13H10F3N4O2-. The number of hydrogen-bond acceptors (Lipinski definition) is 5. The molecule has 0 aliphatic heterocycles. The summed E-state index contributed by atoms with van der Waals surface area (Å²) in [6.07, 6.45) is -1.72. The van der Waals surface area contributed by atoms with Crippen LogP contribution < -0.4 is 10.4 Å². The van der Waals surface area contributed by atoms with E-state index in [-0.39, 0.29) is 11.5 Å². The summed E-state index contributed by atoms with van der Waals surface area (Å²) in [5, 5.41) is 10.7. The zero-order chi connectivity index (χ0) is 16.3. The summed E-state index contributed by atoms with van der Waals surface area (Å²) in [6.45, 7) is 1.10. The molecule has 0 unspecified atom stereocenters. The first-order valence-electron chi connectivity index (χ1n) is 6.00. The Hall–Kier alpha value is -2.68. The third kappa shape index (κ3) is 3.14. The number of alkyl halides is 3. The van der Waals surface area contributed by atoms with Gasteiger partial charge in [-0.25, -0.2) is 4.98 Å². The molecule has 9 heteroatoms. The van der Waals surface area contributed by atoms with Crippen LogP contribution in [0, 0.1) is 5.21 Å². The van der Waals surface area contributed by atoms with Gasteiger partial charge in [-0.15, -0.1) is 0 Å². The minimum Gasteiger partial charge on any atom is -0.761 e. The molecule has 0 radical (unpaired) electrons. The van der Waals surface area contributed by atoms with Gasteiger partial charge in [0.2, 0.25) is 5.91 Å². The highest BCUT2D eigenvalue weighted by atomic mass is 19.4. The van der Waals surface area contributed by atoms with Crippen LogP contribution in [0.3, 0.4) is 0 Å². The van der Waals surface area contributed by atoms with Crippen LogP contribution in [0.5, 0.6) is 0 Å². The average Bonchev–Trinajstić information content (AvgIpc) is 2.47. The molecule has 0 fully saturated rings. The molecule has 0 aromatic carbocycles. The molecule has 0 bridgehead atoms. The third-order valence-electron chi connectivity index (χ3n) is 2.75. The zero-order valence-electron chi connectivity index (χ0n) is 11.3. The first-order valence-corrected chi connectivity index (χ1v) is 6.00. The highest BCUT2D eigenvalue weighted by molar-refractivity contribution is 5.99. The topological polar surface area (TPSA) is 81.2 Å². The van der Waals surface area contributed by atoms with E-state index in [0.717, 1.165) is 24.1 Å². The number of rotatable bonds is 3. The first kappa shape index (κ1) is 15.7.